The van der Waals surface area contributed by atoms with Crippen LogP contribution in [0, 0.1) is 11.8 Å². The number of rotatable bonds is 8. The standard InChI is InChI=1S/C16H25NO2/c1-4-13-5-7-14(8-6-13)9-10-17-11-15(12(2)3)16(18)19/h5-8,12,15,17H,4,9-11H2,1-3H3,(H,18,19). The van der Waals surface area contributed by atoms with E-state index in [0.29, 0.717) is 6.54 Å². The van der Waals surface area contributed by atoms with Crippen LogP contribution in [0.25, 0.3) is 0 Å². The first kappa shape index (κ1) is 15.7. The lowest BCUT2D eigenvalue weighted by atomic mass is 9.96. The van der Waals surface area contributed by atoms with E-state index in [0.717, 1.165) is 19.4 Å². The van der Waals surface area contributed by atoms with Gasteiger partial charge in [0.1, 0.15) is 0 Å². The van der Waals surface area contributed by atoms with Gasteiger partial charge in [-0.15, -0.1) is 0 Å². The Balaban J connectivity index is 2.31. The van der Waals surface area contributed by atoms with Crippen molar-refractivity contribution in [3.63, 3.8) is 0 Å². The number of carboxylic acid groups (broad SMARTS) is 1. The van der Waals surface area contributed by atoms with Crippen LogP contribution in [-0.4, -0.2) is 24.2 Å². The van der Waals surface area contributed by atoms with Crippen molar-refractivity contribution in [1.82, 2.24) is 5.32 Å². The first-order valence-electron chi connectivity index (χ1n) is 7.06. The minimum absolute atomic E-state index is 0.161. The van der Waals surface area contributed by atoms with Crippen molar-refractivity contribution in [2.24, 2.45) is 11.8 Å². The van der Waals surface area contributed by atoms with Gasteiger partial charge in [0.15, 0.2) is 0 Å². The van der Waals surface area contributed by atoms with Crippen LogP contribution in [0.4, 0.5) is 0 Å². The smallest absolute Gasteiger partial charge is 0.308 e. The van der Waals surface area contributed by atoms with E-state index < -0.39 is 5.97 Å². The Bertz CT molecular complexity index is 384. The summed E-state index contributed by atoms with van der Waals surface area (Å²) in [5, 5.41) is 12.3. The summed E-state index contributed by atoms with van der Waals surface area (Å²) >= 11 is 0. The maximum Gasteiger partial charge on any atom is 0.308 e. The molecule has 0 aliphatic rings. The van der Waals surface area contributed by atoms with Gasteiger partial charge in [0.05, 0.1) is 5.92 Å². The largest absolute Gasteiger partial charge is 0.481 e. The Morgan fingerprint density at radius 3 is 2.26 bits per heavy atom. The van der Waals surface area contributed by atoms with Crippen molar-refractivity contribution in [1.29, 1.82) is 0 Å². The zero-order valence-electron chi connectivity index (χ0n) is 12.1. The molecule has 0 fully saturated rings. The number of carbonyl (C=O) groups is 1. The monoisotopic (exact) mass is 263 g/mol. The second kappa shape index (κ2) is 7.95. The number of hydrogen-bond donors (Lipinski definition) is 2. The Labute approximate surface area is 116 Å². The molecule has 1 aromatic carbocycles. The molecule has 0 radical (unpaired) electrons. The van der Waals surface area contributed by atoms with Crippen molar-refractivity contribution in [3.8, 4) is 0 Å². The fourth-order valence-electron chi connectivity index (χ4n) is 2.04. The molecule has 0 aliphatic heterocycles. The molecule has 3 nitrogen and oxygen atoms in total. The third-order valence-corrected chi connectivity index (χ3v) is 3.51. The molecule has 19 heavy (non-hydrogen) atoms. The summed E-state index contributed by atoms with van der Waals surface area (Å²) in [7, 11) is 0. The fourth-order valence-corrected chi connectivity index (χ4v) is 2.04. The topological polar surface area (TPSA) is 49.3 Å². The summed E-state index contributed by atoms with van der Waals surface area (Å²) < 4.78 is 0. The number of aryl methyl sites for hydroxylation is 1. The summed E-state index contributed by atoms with van der Waals surface area (Å²) in [6.07, 6.45) is 2.00. The predicted octanol–water partition coefficient (Wildman–Crippen LogP) is 2.74. The Morgan fingerprint density at radius 1 is 1.21 bits per heavy atom. The van der Waals surface area contributed by atoms with Crippen LogP contribution in [0.1, 0.15) is 31.9 Å². The zero-order chi connectivity index (χ0) is 14.3. The molecule has 1 rings (SSSR count). The molecule has 0 heterocycles. The predicted molar refractivity (Wildman–Crippen MR) is 78.4 cm³/mol. The molecule has 0 aliphatic carbocycles. The van der Waals surface area contributed by atoms with Gasteiger partial charge in [0.2, 0.25) is 0 Å². The maximum atomic E-state index is 11.0. The molecule has 1 atom stereocenters. The molecule has 0 spiro atoms. The summed E-state index contributed by atoms with van der Waals surface area (Å²) in [5.74, 6) is -0.855. The second-order valence-electron chi connectivity index (χ2n) is 5.31. The van der Waals surface area contributed by atoms with Gasteiger partial charge < -0.3 is 10.4 Å². The highest BCUT2D eigenvalue weighted by Crippen LogP contribution is 2.10. The lowest BCUT2D eigenvalue weighted by molar-refractivity contribution is -0.143. The third-order valence-electron chi connectivity index (χ3n) is 3.51. The molecule has 2 N–H and O–H groups in total. The van der Waals surface area contributed by atoms with Crippen molar-refractivity contribution in [2.45, 2.75) is 33.6 Å². The zero-order valence-corrected chi connectivity index (χ0v) is 12.1. The average Bonchev–Trinajstić information content (AvgIpc) is 2.38. The van der Waals surface area contributed by atoms with Crippen LogP contribution in [0.3, 0.4) is 0 Å². The van der Waals surface area contributed by atoms with Gasteiger partial charge in [-0.3, -0.25) is 4.79 Å². The fraction of sp³-hybridized carbons (Fsp3) is 0.562. The molecular weight excluding hydrogens is 238 g/mol. The molecule has 1 aromatic rings. The summed E-state index contributed by atoms with van der Waals surface area (Å²) in [4.78, 5) is 11.0. The Kier molecular flexibility index (Phi) is 6.57. The second-order valence-corrected chi connectivity index (χ2v) is 5.31. The normalized spacial score (nSPS) is 12.6. The van der Waals surface area contributed by atoms with E-state index in [-0.39, 0.29) is 11.8 Å². The first-order chi connectivity index (χ1) is 9.04. The lowest BCUT2D eigenvalue weighted by Crippen LogP contribution is -2.33. The van der Waals surface area contributed by atoms with E-state index in [1.165, 1.54) is 11.1 Å². The van der Waals surface area contributed by atoms with Crippen LogP contribution in [0.5, 0.6) is 0 Å². The first-order valence-corrected chi connectivity index (χ1v) is 7.06. The van der Waals surface area contributed by atoms with Crippen LogP contribution in [0.2, 0.25) is 0 Å². The Hall–Kier alpha value is -1.35. The highest BCUT2D eigenvalue weighted by molar-refractivity contribution is 5.70. The van der Waals surface area contributed by atoms with Crippen molar-refractivity contribution in [3.05, 3.63) is 35.4 Å². The molecule has 0 bridgehead atoms. The summed E-state index contributed by atoms with van der Waals surface area (Å²) in [6.45, 7) is 7.41. The number of carboxylic acids is 1. The maximum absolute atomic E-state index is 11.0. The van der Waals surface area contributed by atoms with Gasteiger partial charge in [-0.25, -0.2) is 0 Å². The van der Waals surface area contributed by atoms with Crippen molar-refractivity contribution < 1.29 is 9.90 Å². The molecule has 1 unspecified atom stereocenters. The van der Waals surface area contributed by atoms with Gasteiger partial charge in [0, 0.05) is 6.54 Å². The van der Waals surface area contributed by atoms with E-state index in [1.54, 1.807) is 0 Å². The van der Waals surface area contributed by atoms with E-state index in [4.69, 9.17) is 5.11 Å². The van der Waals surface area contributed by atoms with Crippen LogP contribution in [-0.2, 0) is 17.6 Å². The van der Waals surface area contributed by atoms with E-state index >= 15 is 0 Å². The number of benzene rings is 1. The van der Waals surface area contributed by atoms with Crippen molar-refractivity contribution in [2.75, 3.05) is 13.1 Å². The number of aliphatic carboxylic acids is 1. The molecule has 0 saturated heterocycles. The molecule has 0 aromatic heterocycles. The summed E-state index contributed by atoms with van der Waals surface area (Å²) in [6, 6.07) is 8.61. The Morgan fingerprint density at radius 2 is 1.79 bits per heavy atom. The minimum Gasteiger partial charge on any atom is -0.481 e. The van der Waals surface area contributed by atoms with Gasteiger partial charge in [-0.2, -0.15) is 0 Å². The number of hydrogen-bond acceptors (Lipinski definition) is 2. The highest BCUT2D eigenvalue weighted by atomic mass is 16.4. The third kappa shape index (κ3) is 5.43. The van der Waals surface area contributed by atoms with Gasteiger partial charge in [-0.05, 0) is 36.4 Å². The van der Waals surface area contributed by atoms with Crippen LogP contribution >= 0.6 is 0 Å². The van der Waals surface area contributed by atoms with E-state index in [2.05, 4.69) is 36.5 Å². The van der Waals surface area contributed by atoms with E-state index in [9.17, 15) is 4.79 Å². The number of nitrogens with one attached hydrogen (secondary N) is 1. The molecule has 0 saturated carbocycles. The lowest BCUT2D eigenvalue weighted by Gasteiger charge is -2.16. The minimum atomic E-state index is -0.713. The van der Waals surface area contributed by atoms with Gasteiger partial charge in [0.25, 0.3) is 0 Å². The highest BCUT2D eigenvalue weighted by Gasteiger charge is 2.20. The van der Waals surface area contributed by atoms with Crippen LogP contribution in [0.15, 0.2) is 24.3 Å². The van der Waals surface area contributed by atoms with Gasteiger partial charge >= 0.3 is 5.97 Å². The quantitative estimate of drug-likeness (QED) is 0.709. The van der Waals surface area contributed by atoms with Gasteiger partial charge in [-0.1, -0.05) is 45.0 Å². The molecule has 3 heteroatoms. The molecule has 106 valence electrons. The molecular formula is C16H25NO2. The van der Waals surface area contributed by atoms with E-state index in [1.807, 2.05) is 13.8 Å². The van der Waals surface area contributed by atoms with Crippen LogP contribution < -0.4 is 5.32 Å². The molecule has 0 amide bonds. The SMILES string of the molecule is CCc1ccc(CCNCC(C(=O)O)C(C)C)cc1. The average molecular weight is 263 g/mol. The van der Waals surface area contributed by atoms with Crippen molar-refractivity contribution >= 4 is 5.97 Å². The summed E-state index contributed by atoms with van der Waals surface area (Å²) in [5.41, 5.74) is 2.64.